The molecule has 0 amide bonds. The van der Waals surface area contributed by atoms with Gasteiger partial charge in [0.1, 0.15) is 0 Å². The lowest BCUT2D eigenvalue weighted by molar-refractivity contribution is -0.112. The lowest BCUT2D eigenvalue weighted by Crippen LogP contribution is -2.51. The normalized spacial score (nSPS) is 45.9. The highest BCUT2D eigenvalue weighted by molar-refractivity contribution is 5.22. The number of fused-ring (bicyclic) bond motifs is 15. The van der Waals surface area contributed by atoms with Gasteiger partial charge in [-0.05, 0) is 390 Å². The molecule has 0 unspecified atom stereocenters. The summed E-state index contributed by atoms with van der Waals surface area (Å²) in [7, 11) is 0. The van der Waals surface area contributed by atoms with Gasteiger partial charge in [-0.15, -0.1) is 0 Å². The molecule has 0 aromatic carbocycles. The Kier molecular flexibility index (Phi) is 26.1. The summed E-state index contributed by atoms with van der Waals surface area (Å²) in [6, 6.07) is 0. The molecule has 11 saturated carbocycles. The Hall–Kier alpha value is -0.540. The summed E-state index contributed by atoms with van der Waals surface area (Å²) in [6.45, 7) is 37.0. The SMILES string of the molecule is C1CCOC1.CC[C@]1(O)CC[C@H]2C(=CC[C@@H]3[C@@H]2CC[C@]2(C)[C@@H]([C@H](C)[C@H](O)CCC(C)C)CC[C@@H]32)C1.CC[C@]1(O)CC[C@H]2[C@@H](CC[C@@H]3[C@@H]2CC[C@]2(C)[C@@H]([C@H](C)[C@H](O)CCC(C)C)CC[C@@H]32)C1.CC[C@]1(O)CC[C@H]2[C@@H](CC[C@@H]3[C@@H]2CC[C@]2(C)[C@@H]([C@H](C)[C@H](O)CCC(C)C)CC[C@@H]32)C1. The molecule has 7 heteroatoms. The highest BCUT2D eigenvalue weighted by atomic mass is 16.5. The van der Waals surface area contributed by atoms with Crippen molar-refractivity contribution in [2.24, 2.45) is 152 Å². The predicted molar refractivity (Wildman–Crippen MR) is 395 cm³/mol. The van der Waals surface area contributed by atoms with Crippen LogP contribution >= 0.6 is 0 Å². The van der Waals surface area contributed by atoms with Crippen LogP contribution in [0, 0.1) is 152 Å². The molecule has 12 aliphatic carbocycles. The van der Waals surface area contributed by atoms with Crippen LogP contribution in [0.3, 0.4) is 0 Å². The van der Waals surface area contributed by atoms with Crippen LogP contribution in [0.1, 0.15) is 341 Å². The first-order valence-corrected chi connectivity index (χ1v) is 42.5. The van der Waals surface area contributed by atoms with Crippen molar-refractivity contribution >= 4 is 0 Å². The number of hydrogen-bond donors (Lipinski definition) is 6. The van der Waals surface area contributed by atoms with Crippen LogP contribution in [-0.4, -0.2) is 79.0 Å². The highest BCUT2D eigenvalue weighted by Crippen LogP contribution is 2.69. The number of aliphatic hydroxyl groups is 6. The molecule has 95 heavy (non-hydrogen) atoms. The molecule has 0 aromatic heterocycles. The average molecular weight is 1330 g/mol. The van der Waals surface area contributed by atoms with Crippen LogP contribution in [0.2, 0.25) is 0 Å². The molecule has 13 rings (SSSR count). The van der Waals surface area contributed by atoms with Crippen LogP contribution in [0.5, 0.6) is 0 Å². The number of aliphatic hydroxyl groups excluding tert-OH is 3. The quantitative estimate of drug-likeness (QED) is 0.0754. The maximum absolute atomic E-state index is 11.0. The van der Waals surface area contributed by atoms with Crippen LogP contribution in [-0.2, 0) is 4.74 Å². The van der Waals surface area contributed by atoms with Crippen LogP contribution < -0.4 is 0 Å². The molecule has 13 aliphatic rings. The van der Waals surface area contributed by atoms with Crippen molar-refractivity contribution in [2.75, 3.05) is 13.2 Å². The van der Waals surface area contributed by atoms with Crippen molar-refractivity contribution < 1.29 is 35.4 Å². The van der Waals surface area contributed by atoms with Crippen molar-refractivity contribution in [2.45, 2.75) is 377 Å². The maximum Gasteiger partial charge on any atom is 0.0682 e. The molecule has 29 atom stereocenters. The van der Waals surface area contributed by atoms with Gasteiger partial charge in [-0.2, -0.15) is 0 Å². The summed E-state index contributed by atoms with van der Waals surface area (Å²) in [5.41, 5.74) is 1.76. The van der Waals surface area contributed by atoms with Gasteiger partial charge in [-0.3, -0.25) is 0 Å². The Labute approximate surface area is 586 Å². The van der Waals surface area contributed by atoms with Crippen LogP contribution in [0.15, 0.2) is 11.6 Å². The molecule has 0 bridgehead atoms. The third-order valence-corrected chi connectivity index (χ3v) is 33.7. The summed E-state index contributed by atoms with van der Waals surface area (Å²) in [6.07, 6.45) is 47.0. The van der Waals surface area contributed by atoms with E-state index in [9.17, 15) is 30.6 Å². The summed E-state index contributed by atoms with van der Waals surface area (Å²) in [4.78, 5) is 0. The second-order valence-electron chi connectivity index (χ2n) is 39.6. The van der Waals surface area contributed by atoms with Gasteiger partial charge >= 0.3 is 0 Å². The molecule has 550 valence electrons. The van der Waals surface area contributed by atoms with E-state index in [-0.39, 0.29) is 29.5 Å². The first-order valence-electron chi connectivity index (χ1n) is 42.5. The Morgan fingerprint density at radius 1 is 0.389 bits per heavy atom. The monoisotopic (exact) mass is 1330 g/mol. The van der Waals surface area contributed by atoms with Crippen LogP contribution in [0.4, 0.5) is 0 Å². The zero-order chi connectivity index (χ0) is 68.6. The minimum atomic E-state index is -0.432. The summed E-state index contributed by atoms with van der Waals surface area (Å²) < 4.78 is 4.94. The minimum Gasteiger partial charge on any atom is -0.393 e. The molecule has 1 saturated heterocycles. The van der Waals surface area contributed by atoms with E-state index in [0.717, 1.165) is 192 Å². The molecule has 0 aromatic rings. The Morgan fingerprint density at radius 2 is 0.747 bits per heavy atom. The van der Waals surface area contributed by atoms with Crippen molar-refractivity contribution in [1.29, 1.82) is 0 Å². The van der Waals surface area contributed by atoms with E-state index in [2.05, 4.69) is 110 Å². The summed E-state index contributed by atoms with van der Waals surface area (Å²) in [5.74, 6) is 17.5. The highest BCUT2D eigenvalue weighted by Gasteiger charge is 2.62. The number of rotatable bonds is 18. The fraction of sp³-hybridized carbons (Fsp3) is 0.977. The van der Waals surface area contributed by atoms with Gasteiger partial charge in [-0.1, -0.05) is 116 Å². The first kappa shape index (κ1) is 77.1. The zero-order valence-electron chi connectivity index (χ0n) is 64.8. The molecule has 1 aliphatic heterocycles. The largest absolute Gasteiger partial charge is 0.393 e. The van der Waals surface area contributed by atoms with E-state index in [1.165, 1.54) is 141 Å². The third-order valence-electron chi connectivity index (χ3n) is 33.7. The van der Waals surface area contributed by atoms with Crippen molar-refractivity contribution in [3.63, 3.8) is 0 Å². The Balaban J connectivity index is 0.000000149. The number of ether oxygens (including phenoxy) is 1. The van der Waals surface area contributed by atoms with Gasteiger partial charge in [0.25, 0.3) is 0 Å². The first-order chi connectivity index (χ1) is 45.0. The van der Waals surface area contributed by atoms with E-state index in [4.69, 9.17) is 4.74 Å². The molecular weight excluding hydrogens is 1170 g/mol. The van der Waals surface area contributed by atoms with E-state index in [1.807, 2.05) is 0 Å². The second-order valence-corrected chi connectivity index (χ2v) is 39.6. The zero-order valence-corrected chi connectivity index (χ0v) is 64.8. The third kappa shape index (κ3) is 16.5. The van der Waals surface area contributed by atoms with Gasteiger partial charge < -0.3 is 35.4 Å². The van der Waals surface area contributed by atoms with E-state index in [1.54, 1.807) is 5.57 Å². The average Bonchev–Trinajstić information content (AvgIpc) is 1.69. The Morgan fingerprint density at radius 3 is 1.11 bits per heavy atom. The van der Waals surface area contributed by atoms with Gasteiger partial charge in [0.15, 0.2) is 0 Å². The smallest absolute Gasteiger partial charge is 0.0682 e. The molecule has 0 radical (unpaired) electrons. The van der Waals surface area contributed by atoms with Crippen molar-refractivity contribution in [3.05, 3.63) is 11.6 Å². The standard InChI is InChI=1S/2C28H50O2.C28H48O2.C4H8O/c3*1-6-28(30)16-14-21-20(17-28)8-9-23-22(21)13-15-27(5)24(10-11-25(23)27)19(4)26(29)12-7-18(2)3;1-2-4-5-3-1/h2*18-26,29-30H,6-17H2,1-5H3;8,18-19,21-26,29-30H,6-7,9-17H2,1-5H3;1-4H2/t2*19-,20-,21-,22+,23+,24+,25-,26+,27+,28-;19-,21-,22+,23+,24+,25-,26+,27+,28-;/m000./s1. The van der Waals surface area contributed by atoms with E-state index in [0.29, 0.717) is 69.5 Å². The van der Waals surface area contributed by atoms with Crippen molar-refractivity contribution in [3.8, 4) is 0 Å². The van der Waals surface area contributed by atoms with Crippen LogP contribution in [0.25, 0.3) is 0 Å². The summed E-state index contributed by atoms with van der Waals surface area (Å²) in [5, 5.41) is 65.6. The van der Waals surface area contributed by atoms with Gasteiger partial charge in [0, 0.05) is 13.2 Å². The molecule has 1 heterocycles. The predicted octanol–water partition coefficient (Wildman–Crippen LogP) is 21.2. The molecular formula is C88H156O7. The lowest BCUT2D eigenvalue weighted by atomic mass is 9.48. The molecule has 6 N–H and O–H groups in total. The van der Waals surface area contributed by atoms with E-state index < -0.39 is 5.60 Å². The molecule has 0 spiro atoms. The topological polar surface area (TPSA) is 131 Å². The van der Waals surface area contributed by atoms with Gasteiger partial charge in [-0.25, -0.2) is 0 Å². The minimum absolute atomic E-state index is 0.119. The second kappa shape index (κ2) is 32.2. The number of hydrogen-bond acceptors (Lipinski definition) is 7. The lowest BCUT2D eigenvalue weighted by Gasteiger charge is -2.57. The maximum atomic E-state index is 11.0. The van der Waals surface area contributed by atoms with E-state index >= 15 is 0 Å². The Bertz CT molecular complexity index is 2290. The number of allylic oxidation sites excluding steroid dienone is 1. The van der Waals surface area contributed by atoms with Crippen molar-refractivity contribution in [1.82, 2.24) is 0 Å². The molecule has 12 fully saturated rings. The molecule has 7 nitrogen and oxygen atoms in total. The van der Waals surface area contributed by atoms with Gasteiger partial charge in [0.05, 0.1) is 35.1 Å². The fourth-order valence-electron chi connectivity index (χ4n) is 27.6. The summed E-state index contributed by atoms with van der Waals surface area (Å²) >= 11 is 0. The fourth-order valence-corrected chi connectivity index (χ4v) is 27.6. The van der Waals surface area contributed by atoms with Gasteiger partial charge in [0.2, 0.25) is 0 Å².